The molecule has 0 aromatic carbocycles. The van der Waals surface area contributed by atoms with Crippen LogP contribution in [0, 0.1) is 0 Å². The minimum Gasteiger partial charge on any atom is -0.370 e. The molecule has 0 spiro atoms. The van der Waals surface area contributed by atoms with Crippen LogP contribution in [0.1, 0.15) is 57.9 Å². The van der Waals surface area contributed by atoms with Crippen LogP contribution in [-0.2, 0) is 4.74 Å². The molecular formula is C12H22N4OS. The van der Waals surface area contributed by atoms with Crippen molar-refractivity contribution in [2.45, 2.75) is 62.5 Å². The molecule has 2 heterocycles. The van der Waals surface area contributed by atoms with Crippen molar-refractivity contribution in [1.29, 1.82) is 0 Å². The molecule has 1 aromatic rings. The van der Waals surface area contributed by atoms with Crippen LogP contribution in [0.5, 0.6) is 0 Å². The second kappa shape index (κ2) is 6.43. The first-order valence-corrected chi connectivity index (χ1v) is 7.59. The predicted octanol–water partition coefficient (Wildman–Crippen LogP) is 2.51. The summed E-state index contributed by atoms with van der Waals surface area (Å²) in [5, 5.41) is 9.69. The highest BCUT2D eigenvalue weighted by atomic mass is 32.2. The number of ether oxygens (including phenoxy) is 1. The first-order valence-electron chi connectivity index (χ1n) is 6.71. The van der Waals surface area contributed by atoms with Gasteiger partial charge in [-0.15, -0.1) is 10.2 Å². The Balaban J connectivity index is 2.03. The first kappa shape index (κ1) is 13.7. The minimum atomic E-state index is 0.0204. The lowest BCUT2D eigenvalue weighted by Crippen LogP contribution is -2.21. The molecule has 1 aromatic heterocycles. The molecule has 18 heavy (non-hydrogen) atoms. The van der Waals surface area contributed by atoms with Crippen LogP contribution in [-0.4, -0.2) is 26.7 Å². The van der Waals surface area contributed by atoms with Gasteiger partial charge in [0.1, 0.15) is 6.10 Å². The van der Waals surface area contributed by atoms with E-state index in [4.69, 9.17) is 10.6 Å². The van der Waals surface area contributed by atoms with Crippen molar-refractivity contribution in [3.63, 3.8) is 0 Å². The van der Waals surface area contributed by atoms with E-state index in [9.17, 15) is 0 Å². The molecule has 102 valence electrons. The highest BCUT2D eigenvalue weighted by Crippen LogP contribution is 2.29. The van der Waals surface area contributed by atoms with Crippen LogP contribution in [0.25, 0.3) is 0 Å². The van der Waals surface area contributed by atoms with Gasteiger partial charge in [-0.05, 0) is 25.7 Å². The van der Waals surface area contributed by atoms with Crippen LogP contribution in [0.4, 0.5) is 0 Å². The van der Waals surface area contributed by atoms with Gasteiger partial charge in [0.15, 0.2) is 5.82 Å². The molecule has 2 rings (SSSR count). The number of hydrogen-bond acceptors (Lipinski definition) is 5. The van der Waals surface area contributed by atoms with Crippen molar-refractivity contribution in [3.8, 4) is 0 Å². The molecule has 1 saturated heterocycles. The van der Waals surface area contributed by atoms with E-state index in [0.717, 1.165) is 36.9 Å². The molecule has 2 atom stereocenters. The van der Waals surface area contributed by atoms with Crippen LogP contribution in [0.15, 0.2) is 5.16 Å². The Morgan fingerprint density at radius 2 is 2.33 bits per heavy atom. The van der Waals surface area contributed by atoms with E-state index >= 15 is 0 Å². The van der Waals surface area contributed by atoms with Crippen LogP contribution in [0.2, 0.25) is 0 Å². The number of aromatic nitrogens is 3. The molecule has 2 N–H and O–H groups in total. The quantitative estimate of drug-likeness (QED) is 0.658. The van der Waals surface area contributed by atoms with E-state index in [2.05, 4.69) is 24.0 Å². The molecule has 0 saturated carbocycles. The summed E-state index contributed by atoms with van der Waals surface area (Å²) in [6, 6.07) is 0. The van der Waals surface area contributed by atoms with Gasteiger partial charge in [-0.25, -0.2) is 4.68 Å². The summed E-state index contributed by atoms with van der Waals surface area (Å²) >= 11 is 1.69. The molecule has 1 fully saturated rings. The van der Waals surface area contributed by atoms with Crippen molar-refractivity contribution in [2.75, 3.05) is 12.4 Å². The van der Waals surface area contributed by atoms with Gasteiger partial charge in [-0.2, -0.15) is 0 Å². The molecule has 0 radical (unpaired) electrons. The smallest absolute Gasteiger partial charge is 0.210 e. The summed E-state index contributed by atoms with van der Waals surface area (Å²) < 4.78 is 7.30. The van der Waals surface area contributed by atoms with E-state index in [1.165, 1.54) is 12.8 Å². The van der Waals surface area contributed by atoms with Gasteiger partial charge in [-0.1, -0.05) is 32.0 Å². The van der Waals surface area contributed by atoms with E-state index in [1.807, 2.05) is 0 Å². The van der Waals surface area contributed by atoms with Gasteiger partial charge < -0.3 is 10.6 Å². The fourth-order valence-corrected chi connectivity index (χ4v) is 3.19. The predicted molar refractivity (Wildman–Crippen MR) is 72.9 cm³/mol. The van der Waals surface area contributed by atoms with E-state index in [1.54, 1.807) is 16.4 Å². The summed E-state index contributed by atoms with van der Waals surface area (Å²) in [7, 11) is 0. The fraction of sp³-hybridized carbons (Fsp3) is 0.833. The molecule has 0 bridgehead atoms. The molecular weight excluding hydrogens is 248 g/mol. The Bertz CT molecular complexity index is 376. The SMILES string of the molecule is CCCC(C)Sc1nnc(C2CCCCO2)n1N. The van der Waals surface area contributed by atoms with Crippen LogP contribution in [0.3, 0.4) is 0 Å². The first-order chi connectivity index (χ1) is 8.72. The van der Waals surface area contributed by atoms with Gasteiger partial charge in [-0.3, -0.25) is 0 Å². The Morgan fingerprint density at radius 1 is 1.50 bits per heavy atom. The Kier molecular flexibility index (Phi) is 4.88. The molecule has 0 amide bonds. The largest absolute Gasteiger partial charge is 0.370 e. The number of thioether (sulfide) groups is 1. The lowest BCUT2D eigenvalue weighted by Gasteiger charge is -2.21. The van der Waals surface area contributed by atoms with Gasteiger partial charge in [0, 0.05) is 11.9 Å². The number of nitrogens with two attached hydrogens (primary N) is 1. The number of nitrogens with zero attached hydrogens (tertiary/aromatic N) is 3. The third-order valence-corrected chi connectivity index (χ3v) is 4.29. The molecule has 1 aliphatic rings. The third kappa shape index (κ3) is 3.17. The van der Waals surface area contributed by atoms with Crippen molar-refractivity contribution in [1.82, 2.24) is 14.9 Å². The standard InChI is InChI=1S/C12H22N4OS/c1-3-6-9(2)18-12-15-14-11(16(12)13)10-7-4-5-8-17-10/h9-10H,3-8,13H2,1-2H3. The van der Waals surface area contributed by atoms with Crippen molar-refractivity contribution >= 4 is 11.8 Å². The van der Waals surface area contributed by atoms with Crippen molar-refractivity contribution in [2.24, 2.45) is 0 Å². The van der Waals surface area contributed by atoms with Gasteiger partial charge in [0.2, 0.25) is 5.16 Å². The zero-order chi connectivity index (χ0) is 13.0. The normalized spacial score (nSPS) is 22.0. The maximum atomic E-state index is 6.07. The zero-order valence-corrected chi connectivity index (χ0v) is 11.9. The van der Waals surface area contributed by atoms with Gasteiger partial charge in [0.05, 0.1) is 0 Å². The zero-order valence-electron chi connectivity index (χ0n) is 11.1. The summed E-state index contributed by atoms with van der Waals surface area (Å²) in [5.41, 5.74) is 0. The molecule has 0 aliphatic carbocycles. The highest BCUT2D eigenvalue weighted by molar-refractivity contribution is 7.99. The molecule has 5 nitrogen and oxygen atoms in total. The van der Waals surface area contributed by atoms with E-state index in [-0.39, 0.29) is 6.10 Å². The fourth-order valence-electron chi connectivity index (χ4n) is 2.18. The van der Waals surface area contributed by atoms with Crippen LogP contribution < -0.4 is 5.84 Å². The summed E-state index contributed by atoms with van der Waals surface area (Å²) in [5.74, 6) is 6.83. The molecule has 1 aliphatic heterocycles. The Labute approximate surface area is 112 Å². The molecule has 2 unspecified atom stereocenters. The van der Waals surface area contributed by atoms with Crippen molar-refractivity contribution < 1.29 is 4.74 Å². The number of hydrogen-bond donors (Lipinski definition) is 1. The maximum absolute atomic E-state index is 6.07. The summed E-state index contributed by atoms with van der Waals surface area (Å²) in [6.07, 6.45) is 5.64. The summed E-state index contributed by atoms with van der Waals surface area (Å²) in [6.45, 7) is 5.18. The van der Waals surface area contributed by atoms with Gasteiger partial charge in [0.25, 0.3) is 0 Å². The topological polar surface area (TPSA) is 66.0 Å². The van der Waals surface area contributed by atoms with Crippen molar-refractivity contribution in [3.05, 3.63) is 5.82 Å². The molecule has 6 heteroatoms. The van der Waals surface area contributed by atoms with E-state index in [0.29, 0.717) is 5.25 Å². The average Bonchev–Trinajstić information content (AvgIpc) is 2.72. The van der Waals surface area contributed by atoms with Crippen LogP contribution >= 0.6 is 11.8 Å². The minimum absolute atomic E-state index is 0.0204. The number of rotatable bonds is 5. The highest BCUT2D eigenvalue weighted by Gasteiger charge is 2.23. The number of nitrogen functional groups attached to an aromatic ring is 1. The summed E-state index contributed by atoms with van der Waals surface area (Å²) in [4.78, 5) is 0. The third-order valence-electron chi connectivity index (χ3n) is 3.16. The van der Waals surface area contributed by atoms with Gasteiger partial charge >= 0.3 is 0 Å². The second-order valence-electron chi connectivity index (χ2n) is 4.78. The maximum Gasteiger partial charge on any atom is 0.210 e. The monoisotopic (exact) mass is 270 g/mol. The Morgan fingerprint density at radius 3 is 3.00 bits per heavy atom. The average molecular weight is 270 g/mol. The second-order valence-corrected chi connectivity index (χ2v) is 6.19. The Hall–Kier alpha value is -0.750. The lowest BCUT2D eigenvalue weighted by molar-refractivity contribution is 0.00780. The van der Waals surface area contributed by atoms with E-state index < -0.39 is 0 Å². The lowest BCUT2D eigenvalue weighted by atomic mass is 10.1.